The maximum absolute atomic E-state index is 13.6. The quantitative estimate of drug-likeness (QED) is 0.713. The highest BCUT2D eigenvalue weighted by atomic mass is 32.2. The third-order valence-corrected chi connectivity index (χ3v) is 4.27. The summed E-state index contributed by atoms with van der Waals surface area (Å²) in [7, 11) is -1.29. The van der Waals surface area contributed by atoms with Crippen molar-refractivity contribution in [2.45, 2.75) is 25.4 Å². The van der Waals surface area contributed by atoms with E-state index in [0.717, 1.165) is 0 Å². The first-order valence-electron chi connectivity index (χ1n) is 6.86. The molecule has 0 amide bonds. The predicted molar refractivity (Wildman–Crippen MR) is 81.2 cm³/mol. The summed E-state index contributed by atoms with van der Waals surface area (Å²) in [6.45, 7) is 3.44. The van der Waals surface area contributed by atoms with Crippen LogP contribution < -0.4 is 0 Å². The molecule has 0 aliphatic heterocycles. The summed E-state index contributed by atoms with van der Waals surface area (Å²) in [4.78, 5) is 8.15. The monoisotopic (exact) mass is 335 g/mol. The highest BCUT2D eigenvalue weighted by Crippen LogP contribution is 2.19. The predicted octanol–water partition coefficient (Wildman–Crippen LogP) is 2.93. The van der Waals surface area contributed by atoms with E-state index in [0.29, 0.717) is 22.8 Å². The van der Waals surface area contributed by atoms with Gasteiger partial charge in [-0.1, -0.05) is 17.3 Å². The molecule has 0 saturated carbocycles. The molecule has 1 aromatic carbocycles. The Morgan fingerprint density at radius 1 is 1.22 bits per heavy atom. The summed E-state index contributed by atoms with van der Waals surface area (Å²) in [6.07, 6.45) is 1.57. The van der Waals surface area contributed by atoms with Gasteiger partial charge in [-0.25, -0.2) is 9.37 Å². The normalized spacial score (nSPS) is 12.5. The summed E-state index contributed by atoms with van der Waals surface area (Å²) in [5.41, 5.74) is 1.05. The molecule has 1 atom stereocenters. The number of aryl methyl sites for hydroxylation is 2. The molecule has 0 spiro atoms. The van der Waals surface area contributed by atoms with E-state index in [1.807, 2.05) is 0 Å². The molecule has 3 aromatic rings. The van der Waals surface area contributed by atoms with Gasteiger partial charge in [0.2, 0.25) is 17.6 Å². The van der Waals surface area contributed by atoms with Gasteiger partial charge < -0.3 is 8.94 Å². The van der Waals surface area contributed by atoms with Gasteiger partial charge in [0.25, 0.3) is 0 Å². The maximum Gasteiger partial charge on any atom is 0.239 e. The third-order valence-electron chi connectivity index (χ3n) is 3.14. The number of rotatable bonds is 5. The molecule has 0 saturated heterocycles. The van der Waals surface area contributed by atoms with E-state index >= 15 is 0 Å². The van der Waals surface area contributed by atoms with Crippen molar-refractivity contribution in [3.63, 3.8) is 0 Å². The Balaban J connectivity index is 1.69. The van der Waals surface area contributed by atoms with Crippen LogP contribution >= 0.6 is 0 Å². The minimum absolute atomic E-state index is 0.0861. The molecule has 0 fully saturated rings. The van der Waals surface area contributed by atoms with Crippen LogP contribution in [0.5, 0.6) is 0 Å². The fourth-order valence-electron chi connectivity index (χ4n) is 1.96. The molecule has 0 aliphatic carbocycles. The van der Waals surface area contributed by atoms with E-state index in [4.69, 9.17) is 8.94 Å². The summed E-state index contributed by atoms with van der Waals surface area (Å²) in [5, 5.41) is 3.80. The molecule has 3 rings (SSSR count). The average molecular weight is 335 g/mol. The number of hydrogen-bond donors (Lipinski definition) is 0. The van der Waals surface area contributed by atoms with Crippen LogP contribution in [-0.2, 0) is 22.3 Å². The molecular formula is C15H14FN3O3S. The smallest absolute Gasteiger partial charge is 0.239 e. The Hall–Kier alpha value is -2.35. The first kappa shape index (κ1) is 15.5. The molecule has 2 aromatic heterocycles. The zero-order valence-electron chi connectivity index (χ0n) is 12.6. The van der Waals surface area contributed by atoms with Gasteiger partial charge in [-0.3, -0.25) is 4.21 Å². The van der Waals surface area contributed by atoms with Crippen molar-refractivity contribution in [2.24, 2.45) is 0 Å². The van der Waals surface area contributed by atoms with E-state index in [1.165, 1.54) is 6.07 Å². The molecule has 23 heavy (non-hydrogen) atoms. The van der Waals surface area contributed by atoms with Crippen molar-refractivity contribution in [1.82, 2.24) is 15.1 Å². The van der Waals surface area contributed by atoms with E-state index in [1.54, 1.807) is 32.2 Å². The van der Waals surface area contributed by atoms with Gasteiger partial charge in [-0.15, -0.1) is 0 Å². The van der Waals surface area contributed by atoms with Crippen LogP contribution in [0.1, 0.15) is 23.1 Å². The molecular weight excluding hydrogens is 321 g/mol. The summed E-state index contributed by atoms with van der Waals surface area (Å²) < 4.78 is 36.0. The van der Waals surface area contributed by atoms with E-state index in [9.17, 15) is 8.60 Å². The van der Waals surface area contributed by atoms with Crippen molar-refractivity contribution in [2.75, 3.05) is 0 Å². The van der Waals surface area contributed by atoms with Gasteiger partial charge >= 0.3 is 0 Å². The first-order chi connectivity index (χ1) is 11.0. The second-order valence-electron chi connectivity index (χ2n) is 5.07. The van der Waals surface area contributed by atoms with Crippen LogP contribution in [0, 0.1) is 19.7 Å². The molecule has 2 heterocycles. The number of oxazole rings is 1. The zero-order valence-corrected chi connectivity index (χ0v) is 13.4. The van der Waals surface area contributed by atoms with Crippen molar-refractivity contribution in [1.29, 1.82) is 0 Å². The van der Waals surface area contributed by atoms with Gasteiger partial charge in [-0.2, -0.15) is 4.98 Å². The van der Waals surface area contributed by atoms with Crippen LogP contribution in [0.25, 0.3) is 11.4 Å². The Bertz CT molecular complexity index is 859. The minimum atomic E-state index is -1.29. The Morgan fingerprint density at radius 2 is 2.00 bits per heavy atom. The van der Waals surface area contributed by atoms with Gasteiger partial charge in [0.1, 0.15) is 23.1 Å². The van der Waals surface area contributed by atoms with Crippen LogP contribution in [0.3, 0.4) is 0 Å². The van der Waals surface area contributed by atoms with Crippen LogP contribution in [0.4, 0.5) is 4.39 Å². The number of aromatic nitrogens is 3. The van der Waals surface area contributed by atoms with Crippen molar-refractivity contribution in [3.05, 3.63) is 53.3 Å². The zero-order chi connectivity index (χ0) is 16.4. The fourth-order valence-corrected chi connectivity index (χ4v) is 2.86. The van der Waals surface area contributed by atoms with Gasteiger partial charge in [0.15, 0.2) is 0 Å². The highest BCUT2D eigenvalue weighted by molar-refractivity contribution is 7.83. The van der Waals surface area contributed by atoms with E-state index in [2.05, 4.69) is 15.1 Å². The SMILES string of the molecule is Cc1cnc(CS(=O)Cc2nc(-c3ccc(C)c(F)c3)no2)o1. The Kier molecular flexibility index (Phi) is 4.33. The average Bonchev–Trinajstić information content (AvgIpc) is 3.11. The lowest BCUT2D eigenvalue weighted by molar-refractivity contribution is 0.390. The van der Waals surface area contributed by atoms with Crippen LogP contribution in [0.15, 0.2) is 33.3 Å². The summed E-state index contributed by atoms with van der Waals surface area (Å²) in [6, 6.07) is 4.69. The van der Waals surface area contributed by atoms with Crippen molar-refractivity contribution < 1.29 is 17.5 Å². The molecule has 1 unspecified atom stereocenters. The van der Waals surface area contributed by atoms with Crippen molar-refractivity contribution >= 4 is 10.8 Å². The molecule has 120 valence electrons. The minimum Gasteiger partial charge on any atom is -0.445 e. The Labute approximate surface area is 134 Å². The maximum atomic E-state index is 13.6. The van der Waals surface area contributed by atoms with Gasteiger partial charge in [0.05, 0.1) is 6.20 Å². The molecule has 8 heteroatoms. The van der Waals surface area contributed by atoms with E-state index in [-0.39, 0.29) is 29.0 Å². The number of nitrogens with zero attached hydrogens (tertiary/aromatic N) is 3. The topological polar surface area (TPSA) is 82.0 Å². The number of benzene rings is 1. The first-order valence-corrected chi connectivity index (χ1v) is 8.35. The number of halogens is 1. The Morgan fingerprint density at radius 3 is 2.70 bits per heavy atom. The molecule has 6 nitrogen and oxygen atoms in total. The van der Waals surface area contributed by atoms with Gasteiger partial charge in [0, 0.05) is 16.4 Å². The summed E-state index contributed by atoms with van der Waals surface area (Å²) in [5.74, 6) is 1.48. The molecule has 0 N–H and O–H groups in total. The lowest BCUT2D eigenvalue weighted by Gasteiger charge is -1.97. The summed E-state index contributed by atoms with van der Waals surface area (Å²) >= 11 is 0. The highest BCUT2D eigenvalue weighted by Gasteiger charge is 2.14. The van der Waals surface area contributed by atoms with Gasteiger partial charge in [-0.05, 0) is 25.5 Å². The standard InChI is InChI=1S/C15H14FN3O3S/c1-9-3-4-11(5-12(9)16)15-18-14(22-19-15)8-23(20)7-13-17-6-10(2)21-13/h3-6H,7-8H2,1-2H3. The molecule has 0 radical (unpaired) electrons. The second kappa shape index (κ2) is 6.41. The van der Waals surface area contributed by atoms with Crippen LogP contribution in [-0.4, -0.2) is 19.3 Å². The molecule has 0 bridgehead atoms. The largest absolute Gasteiger partial charge is 0.445 e. The van der Waals surface area contributed by atoms with Crippen molar-refractivity contribution in [3.8, 4) is 11.4 Å². The second-order valence-corrected chi connectivity index (χ2v) is 6.53. The lowest BCUT2D eigenvalue weighted by Crippen LogP contribution is -2.00. The molecule has 0 aliphatic rings. The lowest BCUT2D eigenvalue weighted by atomic mass is 10.1. The van der Waals surface area contributed by atoms with E-state index < -0.39 is 10.8 Å². The third kappa shape index (κ3) is 3.70. The fraction of sp³-hybridized carbons (Fsp3) is 0.267. The van der Waals surface area contributed by atoms with Crippen LogP contribution in [0.2, 0.25) is 0 Å². The number of hydrogen-bond acceptors (Lipinski definition) is 6.